The fourth-order valence-corrected chi connectivity index (χ4v) is 2.04. The molecule has 19 heavy (non-hydrogen) atoms. The van der Waals surface area contributed by atoms with Crippen molar-refractivity contribution in [2.24, 2.45) is 0 Å². The van der Waals surface area contributed by atoms with Crippen molar-refractivity contribution in [3.8, 4) is 5.75 Å². The molecule has 0 aliphatic heterocycles. The second-order valence-electron chi connectivity index (χ2n) is 4.44. The molecule has 2 rings (SSSR count). The molecule has 0 unspecified atom stereocenters. The van der Waals surface area contributed by atoms with Crippen LogP contribution in [-0.2, 0) is 19.4 Å². The van der Waals surface area contributed by atoms with E-state index in [0.29, 0.717) is 6.54 Å². The summed E-state index contributed by atoms with van der Waals surface area (Å²) in [6, 6.07) is 7.96. The average Bonchev–Trinajstić information content (AvgIpc) is 2.79. The van der Waals surface area contributed by atoms with Crippen molar-refractivity contribution < 1.29 is 4.74 Å². The lowest BCUT2D eigenvalue weighted by atomic mass is 10.1. The third-order valence-corrected chi connectivity index (χ3v) is 3.08. The molecule has 0 saturated carbocycles. The van der Waals surface area contributed by atoms with Gasteiger partial charge in [0.2, 0.25) is 0 Å². The SMILES string of the molecule is CCCn1c(CCc2ccc(OC)cc2)n[nH]c1=O. The van der Waals surface area contributed by atoms with Crippen LogP contribution in [0.15, 0.2) is 29.1 Å². The van der Waals surface area contributed by atoms with Crippen LogP contribution in [0.2, 0.25) is 0 Å². The molecule has 5 nitrogen and oxygen atoms in total. The van der Waals surface area contributed by atoms with Crippen LogP contribution in [0.4, 0.5) is 0 Å². The van der Waals surface area contributed by atoms with Crippen molar-refractivity contribution in [1.29, 1.82) is 0 Å². The number of H-pyrrole nitrogens is 1. The summed E-state index contributed by atoms with van der Waals surface area (Å²) in [6.45, 7) is 2.76. The van der Waals surface area contributed by atoms with Crippen molar-refractivity contribution >= 4 is 0 Å². The highest BCUT2D eigenvalue weighted by atomic mass is 16.5. The van der Waals surface area contributed by atoms with Crippen LogP contribution < -0.4 is 10.4 Å². The minimum absolute atomic E-state index is 0.119. The van der Waals surface area contributed by atoms with Gasteiger partial charge in [0, 0.05) is 13.0 Å². The molecular weight excluding hydrogens is 242 g/mol. The first-order valence-corrected chi connectivity index (χ1v) is 6.51. The number of benzene rings is 1. The molecule has 1 N–H and O–H groups in total. The highest BCUT2D eigenvalue weighted by molar-refractivity contribution is 5.27. The van der Waals surface area contributed by atoms with Gasteiger partial charge < -0.3 is 4.74 Å². The Morgan fingerprint density at radius 1 is 1.26 bits per heavy atom. The third-order valence-electron chi connectivity index (χ3n) is 3.08. The van der Waals surface area contributed by atoms with Crippen molar-refractivity contribution in [2.75, 3.05) is 7.11 Å². The molecular formula is C14H19N3O2. The molecule has 1 aromatic heterocycles. The van der Waals surface area contributed by atoms with E-state index >= 15 is 0 Å². The van der Waals surface area contributed by atoms with Gasteiger partial charge in [-0.2, -0.15) is 5.10 Å². The predicted octanol–water partition coefficient (Wildman–Crippen LogP) is 1.78. The summed E-state index contributed by atoms with van der Waals surface area (Å²) in [6.07, 6.45) is 2.54. The van der Waals surface area contributed by atoms with Crippen LogP contribution in [0.1, 0.15) is 24.7 Å². The number of aromatic nitrogens is 3. The van der Waals surface area contributed by atoms with Crippen LogP contribution in [-0.4, -0.2) is 21.9 Å². The van der Waals surface area contributed by atoms with Crippen molar-refractivity contribution in [2.45, 2.75) is 32.7 Å². The molecule has 5 heteroatoms. The standard InChI is InChI=1S/C14H19N3O2/c1-3-10-17-13(15-16-14(17)18)9-6-11-4-7-12(19-2)8-5-11/h4-5,7-8H,3,6,9-10H2,1-2H3,(H,16,18). The minimum Gasteiger partial charge on any atom is -0.497 e. The van der Waals surface area contributed by atoms with E-state index < -0.39 is 0 Å². The van der Waals surface area contributed by atoms with E-state index in [-0.39, 0.29) is 5.69 Å². The van der Waals surface area contributed by atoms with Crippen molar-refractivity contribution in [1.82, 2.24) is 14.8 Å². The lowest BCUT2D eigenvalue weighted by molar-refractivity contribution is 0.414. The highest BCUT2D eigenvalue weighted by Crippen LogP contribution is 2.12. The van der Waals surface area contributed by atoms with Crippen LogP contribution >= 0.6 is 0 Å². The summed E-state index contributed by atoms with van der Waals surface area (Å²) in [5.41, 5.74) is 1.09. The zero-order valence-electron chi connectivity index (χ0n) is 11.3. The number of hydrogen-bond donors (Lipinski definition) is 1. The number of aromatic amines is 1. The summed E-state index contributed by atoms with van der Waals surface area (Å²) in [4.78, 5) is 11.6. The zero-order chi connectivity index (χ0) is 13.7. The third kappa shape index (κ3) is 3.24. The van der Waals surface area contributed by atoms with Gasteiger partial charge >= 0.3 is 5.69 Å². The maximum absolute atomic E-state index is 11.6. The normalized spacial score (nSPS) is 10.6. The molecule has 102 valence electrons. The number of nitrogens with one attached hydrogen (secondary N) is 1. The molecule has 1 heterocycles. The molecule has 2 aromatic rings. The zero-order valence-corrected chi connectivity index (χ0v) is 11.3. The predicted molar refractivity (Wildman–Crippen MR) is 73.5 cm³/mol. The number of methoxy groups -OCH3 is 1. The molecule has 0 saturated heterocycles. The van der Waals surface area contributed by atoms with Crippen LogP contribution in [0.5, 0.6) is 5.75 Å². The summed E-state index contributed by atoms with van der Waals surface area (Å²) in [5.74, 6) is 1.68. The Kier molecular flexibility index (Phi) is 4.39. The minimum atomic E-state index is -0.119. The Hall–Kier alpha value is -2.04. The number of hydrogen-bond acceptors (Lipinski definition) is 3. The van der Waals surface area contributed by atoms with Crippen LogP contribution in [0, 0.1) is 0 Å². The first-order chi connectivity index (χ1) is 9.24. The van der Waals surface area contributed by atoms with Gasteiger partial charge in [0.25, 0.3) is 0 Å². The average molecular weight is 261 g/mol. The monoisotopic (exact) mass is 261 g/mol. The van der Waals surface area contributed by atoms with Crippen LogP contribution in [0.3, 0.4) is 0 Å². The summed E-state index contributed by atoms with van der Waals surface area (Å²) < 4.78 is 6.84. The van der Waals surface area contributed by atoms with Crippen molar-refractivity contribution in [3.05, 3.63) is 46.1 Å². The molecule has 0 fully saturated rings. The lowest BCUT2D eigenvalue weighted by Gasteiger charge is -2.05. The molecule has 1 aromatic carbocycles. The van der Waals surface area contributed by atoms with E-state index in [1.54, 1.807) is 11.7 Å². The molecule has 0 amide bonds. The second-order valence-corrected chi connectivity index (χ2v) is 4.44. The van der Waals surface area contributed by atoms with Gasteiger partial charge in [-0.25, -0.2) is 9.89 Å². The maximum Gasteiger partial charge on any atom is 0.343 e. The lowest BCUT2D eigenvalue weighted by Crippen LogP contribution is -2.19. The number of rotatable bonds is 6. The van der Waals surface area contributed by atoms with E-state index in [1.807, 2.05) is 31.2 Å². The Balaban J connectivity index is 2.03. The Bertz CT molecular complexity index is 569. The van der Waals surface area contributed by atoms with E-state index in [0.717, 1.165) is 30.8 Å². The fourth-order valence-electron chi connectivity index (χ4n) is 2.04. The number of aryl methyl sites for hydroxylation is 2. The van der Waals surface area contributed by atoms with E-state index in [1.165, 1.54) is 5.56 Å². The molecule has 0 radical (unpaired) electrons. The second kappa shape index (κ2) is 6.22. The number of ether oxygens (including phenoxy) is 1. The Labute approximate surface area is 112 Å². The van der Waals surface area contributed by atoms with E-state index in [2.05, 4.69) is 10.2 Å². The van der Waals surface area contributed by atoms with E-state index in [4.69, 9.17) is 4.74 Å². The first-order valence-electron chi connectivity index (χ1n) is 6.51. The largest absolute Gasteiger partial charge is 0.497 e. The fraction of sp³-hybridized carbons (Fsp3) is 0.429. The molecule has 0 atom stereocenters. The smallest absolute Gasteiger partial charge is 0.343 e. The van der Waals surface area contributed by atoms with Gasteiger partial charge in [-0.3, -0.25) is 4.57 Å². The Morgan fingerprint density at radius 2 is 2.00 bits per heavy atom. The summed E-state index contributed by atoms with van der Waals surface area (Å²) >= 11 is 0. The highest BCUT2D eigenvalue weighted by Gasteiger charge is 2.07. The van der Waals surface area contributed by atoms with Gasteiger partial charge in [0.15, 0.2) is 0 Å². The topological polar surface area (TPSA) is 59.9 Å². The molecule has 0 aliphatic rings. The Morgan fingerprint density at radius 3 is 2.63 bits per heavy atom. The first kappa shape index (κ1) is 13.4. The molecule has 0 spiro atoms. The van der Waals surface area contributed by atoms with Crippen molar-refractivity contribution in [3.63, 3.8) is 0 Å². The van der Waals surface area contributed by atoms with Gasteiger partial charge in [0.05, 0.1) is 7.11 Å². The molecule has 0 aliphatic carbocycles. The number of nitrogens with zero attached hydrogens (tertiary/aromatic N) is 2. The van der Waals surface area contributed by atoms with Gasteiger partial charge in [-0.15, -0.1) is 0 Å². The van der Waals surface area contributed by atoms with Gasteiger partial charge in [-0.1, -0.05) is 19.1 Å². The maximum atomic E-state index is 11.6. The quantitative estimate of drug-likeness (QED) is 0.862. The van der Waals surface area contributed by atoms with E-state index in [9.17, 15) is 4.79 Å². The van der Waals surface area contributed by atoms with Crippen LogP contribution in [0.25, 0.3) is 0 Å². The summed E-state index contributed by atoms with van der Waals surface area (Å²) in [7, 11) is 1.65. The van der Waals surface area contributed by atoms with Gasteiger partial charge in [0.1, 0.15) is 11.6 Å². The summed E-state index contributed by atoms with van der Waals surface area (Å²) in [5, 5.41) is 6.60. The molecule has 0 bridgehead atoms. The van der Waals surface area contributed by atoms with Gasteiger partial charge in [-0.05, 0) is 30.5 Å².